The molecule has 3 N–H and O–H groups in total. The number of sulfone groups is 1. The highest BCUT2D eigenvalue weighted by molar-refractivity contribution is 7.91. The molecule has 1 aliphatic carbocycles. The fourth-order valence-electron chi connectivity index (χ4n) is 2.59. The standard InChI is InChI=1S/C14H22N2O2S/c1-2-19(17,18)14-9-4-3-8-13(14)16-12-7-5-6-11(15)10-12/h3-4,8-9,11-12,16H,2,5-7,10,15H2,1H3. The molecule has 2 atom stereocenters. The van der Waals surface area contributed by atoms with Gasteiger partial charge in [-0.2, -0.15) is 0 Å². The fraction of sp³-hybridized carbons (Fsp3) is 0.571. The van der Waals surface area contributed by atoms with Crippen molar-refractivity contribution in [2.24, 2.45) is 5.73 Å². The van der Waals surface area contributed by atoms with Gasteiger partial charge in [0, 0.05) is 12.1 Å². The van der Waals surface area contributed by atoms with E-state index in [0.717, 1.165) is 25.7 Å². The Hall–Kier alpha value is -1.07. The van der Waals surface area contributed by atoms with Crippen molar-refractivity contribution in [3.8, 4) is 0 Å². The Morgan fingerprint density at radius 3 is 2.74 bits per heavy atom. The summed E-state index contributed by atoms with van der Waals surface area (Å²) in [5.74, 6) is 0.121. The Morgan fingerprint density at radius 1 is 1.32 bits per heavy atom. The highest BCUT2D eigenvalue weighted by Gasteiger charge is 2.22. The first kappa shape index (κ1) is 14.3. The predicted octanol–water partition coefficient (Wildman–Crippen LogP) is 2.16. The molecule has 1 aromatic rings. The number of anilines is 1. The van der Waals surface area contributed by atoms with Crippen LogP contribution in [0.2, 0.25) is 0 Å². The molecule has 5 heteroatoms. The van der Waals surface area contributed by atoms with Gasteiger partial charge in [0.15, 0.2) is 9.84 Å². The Morgan fingerprint density at radius 2 is 2.05 bits per heavy atom. The van der Waals surface area contributed by atoms with Crippen LogP contribution >= 0.6 is 0 Å². The van der Waals surface area contributed by atoms with Crippen LogP contribution in [0.5, 0.6) is 0 Å². The zero-order chi connectivity index (χ0) is 13.9. The SMILES string of the molecule is CCS(=O)(=O)c1ccccc1NC1CCCC(N)C1. The van der Waals surface area contributed by atoms with Crippen molar-refractivity contribution >= 4 is 15.5 Å². The van der Waals surface area contributed by atoms with Gasteiger partial charge >= 0.3 is 0 Å². The number of nitrogens with two attached hydrogens (primary N) is 1. The lowest BCUT2D eigenvalue weighted by molar-refractivity contribution is 0.409. The predicted molar refractivity (Wildman–Crippen MR) is 78.0 cm³/mol. The van der Waals surface area contributed by atoms with Crippen molar-refractivity contribution in [1.29, 1.82) is 0 Å². The van der Waals surface area contributed by atoms with Crippen LogP contribution < -0.4 is 11.1 Å². The monoisotopic (exact) mass is 282 g/mol. The van der Waals surface area contributed by atoms with E-state index in [1.165, 1.54) is 0 Å². The lowest BCUT2D eigenvalue weighted by atomic mass is 9.91. The molecule has 1 saturated carbocycles. The van der Waals surface area contributed by atoms with E-state index >= 15 is 0 Å². The summed E-state index contributed by atoms with van der Waals surface area (Å²) in [6.07, 6.45) is 4.11. The second-order valence-corrected chi connectivity index (χ2v) is 7.41. The van der Waals surface area contributed by atoms with Crippen LogP contribution in [-0.4, -0.2) is 26.3 Å². The van der Waals surface area contributed by atoms with Crippen LogP contribution in [-0.2, 0) is 9.84 Å². The molecule has 1 fully saturated rings. The van der Waals surface area contributed by atoms with E-state index in [1.807, 2.05) is 12.1 Å². The van der Waals surface area contributed by atoms with Gasteiger partial charge in [-0.1, -0.05) is 19.1 Å². The van der Waals surface area contributed by atoms with E-state index in [0.29, 0.717) is 10.6 Å². The first-order valence-electron chi connectivity index (χ1n) is 6.87. The number of para-hydroxylation sites is 1. The van der Waals surface area contributed by atoms with Gasteiger partial charge in [0.25, 0.3) is 0 Å². The summed E-state index contributed by atoms with van der Waals surface area (Å²) in [5, 5.41) is 3.36. The molecule has 0 bridgehead atoms. The molecule has 1 aliphatic rings. The van der Waals surface area contributed by atoms with Gasteiger partial charge in [0.2, 0.25) is 0 Å². The zero-order valence-corrected chi connectivity index (χ0v) is 12.1. The van der Waals surface area contributed by atoms with Gasteiger partial charge in [-0.05, 0) is 37.8 Å². The minimum Gasteiger partial charge on any atom is -0.381 e. The molecule has 0 amide bonds. The van der Waals surface area contributed by atoms with Crippen LogP contribution in [0, 0.1) is 0 Å². The molecule has 4 nitrogen and oxygen atoms in total. The minimum atomic E-state index is -3.19. The number of hydrogen-bond acceptors (Lipinski definition) is 4. The highest BCUT2D eigenvalue weighted by Crippen LogP contribution is 2.26. The first-order valence-corrected chi connectivity index (χ1v) is 8.52. The average Bonchev–Trinajstić information content (AvgIpc) is 2.39. The van der Waals surface area contributed by atoms with E-state index in [-0.39, 0.29) is 17.8 Å². The van der Waals surface area contributed by atoms with Gasteiger partial charge in [0.1, 0.15) is 0 Å². The maximum Gasteiger partial charge on any atom is 0.180 e. The van der Waals surface area contributed by atoms with Crippen molar-refractivity contribution in [3.05, 3.63) is 24.3 Å². The molecule has 0 aliphatic heterocycles. The van der Waals surface area contributed by atoms with E-state index in [4.69, 9.17) is 5.73 Å². The second-order valence-electron chi connectivity index (χ2n) is 5.17. The third-order valence-electron chi connectivity index (χ3n) is 3.68. The Kier molecular flexibility index (Phi) is 4.47. The van der Waals surface area contributed by atoms with E-state index in [2.05, 4.69) is 5.32 Å². The van der Waals surface area contributed by atoms with Gasteiger partial charge in [-0.3, -0.25) is 0 Å². The molecule has 0 radical (unpaired) electrons. The molecule has 0 heterocycles. The zero-order valence-electron chi connectivity index (χ0n) is 11.3. The fourth-order valence-corrected chi connectivity index (χ4v) is 3.65. The topological polar surface area (TPSA) is 72.2 Å². The van der Waals surface area contributed by atoms with Gasteiger partial charge < -0.3 is 11.1 Å². The molecular weight excluding hydrogens is 260 g/mol. The van der Waals surface area contributed by atoms with E-state index in [9.17, 15) is 8.42 Å². The van der Waals surface area contributed by atoms with Crippen LogP contribution in [0.15, 0.2) is 29.2 Å². The van der Waals surface area contributed by atoms with Crippen LogP contribution in [0.3, 0.4) is 0 Å². The molecule has 0 spiro atoms. The van der Waals surface area contributed by atoms with E-state index in [1.54, 1.807) is 19.1 Å². The third kappa shape index (κ3) is 3.48. The molecular formula is C14H22N2O2S. The lowest BCUT2D eigenvalue weighted by Crippen LogP contribution is -2.35. The van der Waals surface area contributed by atoms with Crippen LogP contribution in [0.1, 0.15) is 32.6 Å². The molecule has 1 aromatic carbocycles. The Balaban J connectivity index is 2.21. The summed E-state index contributed by atoms with van der Waals surface area (Å²) in [6.45, 7) is 1.67. The minimum absolute atomic E-state index is 0.121. The Bertz CT molecular complexity index is 528. The second kappa shape index (κ2) is 5.92. The van der Waals surface area contributed by atoms with Gasteiger partial charge in [0.05, 0.1) is 16.3 Å². The van der Waals surface area contributed by atoms with Gasteiger partial charge in [-0.15, -0.1) is 0 Å². The van der Waals surface area contributed by atoms with Crippen LogP contribution in [0.25, 0.3) is 0 Å². The van der Waals surface area contributed by atoms with E-state index < -0.39 is 9.84 Å². The number of rotatable bonds is 4. The quantitative estimate of drug-likeness (QED) is 0.887. The number of hydrogen-bond donors (Lipinski definition) is 2. The maximum atomic E-state index is 12.1. The molecule has 106 valence electrons. The van der Waals surface area contributed by atoms with Crippen molar-refractivity contribution in [2.45, 2.75) is 49.6 Å². The summed E-state index contributed by atoms with van der Waals surface area (Å²) in [6, 6.07) is 7.63. The van der Waals surface area contributed by atoms with Gasteiger partial charge in [-0.25, -0.2) is 8.42 Å². The molecule has 2 unspecified atom stereocenters. The maximum absolute atomic E-state index is 12.1. The largest absolute Gasteiger partial charge is 0.381 e. The lowest BCUT2D eigenvalue weighted by Gasteiger charge is -2.28. The smallest absolute Gasteiger partial charge is 0.180 e. The first-order chi connectivity index (χ1) is 9.03. The summed E-state index contributed by atoms with van der Waals surface area (Å²) in [7, 11) is -3.19. The summed E-state index contributed by atoms with van der Waals surface area (Å²) < 4.78 is 24.1. The highest BCUT2D eigenvalue weighted by atomic mass is 32.2. The molecule has 0 saturated heterocycles. The Labute approximate surface area is 115 Å². The molecule has 0 aromatic heterocycles. The van der Waals surface area contributed by atoms with Crippen molar-refractivity contribution < 1.29 is 8.42 Å². The third-order valence-corrected chi connectivity index (χ3v) is 5.46. The summed E-state index contributed by atoms with van der Waals surface area (Å²) in [5.41, 5.74) is 6.68. The average molecular weight is 282 g/mol. The number of nitrogens with one attached hydrogen (secondary N) is 1. The number of benzene rings is 1. The molecule has 2 rings (SSSR count). The van der Waals surface area contributed by atoms with Crippen molar-refractivity contribution in [2.75, 3.05) is 11.1 Å². The van der Waals surface area contributed by atoms with Crippen molar-refractivity contribution in [3.63, 3.8) is 0 Å². The summed E-state index contributed by atoms with van der Waals surface area (Å²) in [4.78, 5) is 0.400. The van der Waals surface area contributed by atoms with Crippen LogP contribution in [0.4, 0.5) is 5.69 Å². The summed E-state index contributed by atoms with van der Waals surface area (Å²) >= 11 is 0. The normalized spacial score (nSPS) is 24.1. The molecule has 19 heavy (non-hydrogen) atoms. The van der Waals surface area contributed by atoms with Crippen molar-refractivity contribution in [1.82, 2.24) is 0 Å².